The van der Waals surface area contributed by atoms with Crippen LogP contribution in [0.1, 0.15) is 31.9 Å². The summed E-state index contributed by atoms with van der Waals surface area (Å²) >= 11 is 0. The molecule has 0 aliphatic rings. The lowest BCUT2D eigenvalue weighted by Crippen LogP contribution is -2.13. The SMILES string of the molecule is CC(C)(C)c1ccc(C(F)(F)N=[N+]=[N-])cc1. The van der Waals surface area contributed by atoms with Crippen LogP contribution in [-0.2, 0) is 11.5 Å². The second kappa shape index (κ2) is 4.10. The van der Waals surface area contributed by atoms with Crippen molar-refractivity contribution in [2.24, 2.45) is 5.11 Å². The van der Waals surface area contributed by atoms with Crippen molar-refractivity contribution in [3.63, 3.8) is 0 Å². The Hall–Kier alpha value is -1.61. The van der Waals surface area contributed by atoms with Crippen molar-refractivity contribution >= 4 is 0 Å². The molecule has 0 saturated heterocycles. The molecule has 0 N–H and O–H groups in total. The van der Waals surface area contributed by atoms with Gasteiger partial charge in [-0.1, -0.05) is 45.0 Å². The minimum Gasteiger partial charge on any atom is -0.195 e. The zero-order valence-corrected chi connectivity index (χ0v) is 9.41. The van der Waals surface area contributed by atoms with E-state index >= 15 is 0 Å². The predicted molar refractivity (Wildman–Crippen MR) is 58.2 cm³/mol. The fourth-order valence-corrected chi connectivity index (χ4v) is 1.28. The second-order valence-corrected chi connectivity index (χ2v) is 4.56. The van der Waals surface area contributed by atoms with Crippen LogP contribution in [0.15, 0.2) is 29.4 Å². The molecule has 0 saturated carbocycles. The molecule has 0 amide bonds. The van der Waals surface area contributed by atoms with Crippen molar-refractivity contribution < 1.29 is 8.78 Å². The first-order valence-electron chi connectivity index (χ1n) is 4.82. The number of azide groups is 1. The minimum atomic E-state index is -3.48. The maximum Gasteiger partial charge on any atom is 0.351 e. The fourth-order valence-electron chi connectivity index (χ4n) is 1.28. The summed E-state index contributed by atoms with van der Waals surface area (Å²) < 4.78 is 26.3. The molecule has 86 valence electrons. The van der Waals surface area contributed by atoms with E-state index in [0.717, 1.165) is 5.56 Å². The van der Waals surface area contributed by atoms with Gasteiger partial charge in [-0.05, 0) is 21.6 Å². The number of hydrogen-bond donors (Lipinski definition) is 0. The Morgan fingerprint density at radius 3 is 1.88 bits per heavy atom. The van der Waals surface area contributed by atoms with Gasteiger partial charge in [0.2, 0.25) is 0 Å². The molecule has 5 heteroatoms. The van der Waals surface area contributed by atoms with Gasteiger partial charge in [-0.25, -0.2) is 0 Å². The highest BCUT2D eigenvalue weighted by molar-refractivity contribution is 5.29. The third kappa shape index (κ3) is 2.70. The van der Waals surface area contributed by atoms with E-state index in [4.69, 9.17) is 5.53 Å². The van der Waals surface area contributed by atoms with Gasteiger partial charge in [0.05, 0.1) is 0 Å². The van der Waals surface area contributed by atoms with Gasteiger partial charge >= 0.3 is 6.05 Å². The Labute approximate surface area is 92.7 Å². The molecule has 0 bridgehead atoms. The molecule has 16 heavy (non-hydrogen) atoms. The van der Waals surface area contributed by atoms with E-state index in [-0.39, 0.29) is 11.0 Å². The topological polar surface area (TPSA) is 48.8 Å². The van der Waals surface area contributed by atoms with Gasteiger partial charge in [0, 0.05) is 10.5 Å². The molecule has 1 aromatic carbocycles. The lowest BCUT2D eigenvalue weighted by atomic mass is 9.86. The Balaban J connectivity index is 3.09. The second-order valence-electron chi connectivity index (χ2n) is 4.56. The largest absolute Gasteiger partial charge is 0.351 e. The Morgan fingerprint density at radius 2 is 1.50 bits per heavy atom. The summed E-state index contributed by atoms with van der Waals surface area (Å²) in [5.74, 6) is 0. The maximum absolute atomic E-state index is 13.2. The summed E-state index contributed by atoms with van der Waals surface area (Å²) in [6.45, 7) is 5.98. The van der Waals surface area contributed by atoms with Crippen LogP contribution in [0.3, 0.4) is 0 Å². The van der Waals surface area contributed by atoms with Crippen molar-refractivity contribution in [2.45, 2.75) is 32.2 Å². The first-order chi connectivity index (χ1) is 7.27. The highest BCUT2D eigenvalue weighted by atomic mass is 19.3. The lowest BCUT2D eigenvalue weighted by molar-refractivity contribution is 0.00357. The van der Waals surface area contributed by atoms with E-state index in [1.54, 1.807) is 12.1 Å². The number of nitrogens with zero attached hydrogens (tertiary/aromatic N) is 3. The Kier molecular flexibility index (Phi) is 3.19. The molecule has 0 aliphatic heterocycles. The molecule has 1 rings (SSSR count). The van der Waals surface area contributed by atoms with E-state index in [1.807, 2.05) is 20.8 Å². The van der Waals surface area contributed by atoms with Crippen molar-refractivity contribution in [1.29, 1.82) is 0 Å². The maximum atomic E-state index is 13.2. The summed E-state index contributed by atoms with van der Waals surface area (Å²) in [7, 11) is 0. The molecule has 0 fully saturated rings. The average Bonchev–Trinajstić information content (AvgIpc) is 2.16. The van der Waals surface area contributed by atoms with Crippen molar-refractivity contribution in [2.75, 3.05) is 0 Å². The average molecular weight is 225 g/mol. The van der Waals surface area contributed by atoms with Crippen LogP contribution in [0.2, 0.25) is 0 Å². The Bertz CT molecular complexity index is 412. The number of rotatable bonds is 2. The van der Waals surface area contributed by atoms with Crippen LogP contribution in [-0.4, -0.2) is 0 Å². The standard InChI is InChI=1S/C11H13F2N3/c1-10(2,3)8-4-6-9(7-5-8)11(12,13)15-16-14/h4-7H,1-3H3. The molecular weight excluding hydrogens is 212 g/mol. The lowest BCUT2D eigenvalue weighted by Gasteiger charge is -2.20. The molecule has 0 aliphatic carbocycles. The van der Waals surface area contributed by atoms with E-state index in [9.17, 15) is 8.78 Å². The highest BCUT2D eigenvalue weighted by Crippen LogP contribution is 2.31. The van der Waals surface area contributed by atoms with Gasteiger partial charge in [-0.2, -0.15) is 8.78 Å². The molecule has 0 atom stereocenters. The van der Waals surface area contributed by atoms with Crippen molar-refractivity contribution in [3.8, 4) is 0 Å². The third-order valence-corrected chi connectivity index (χ3v) is 2.27. The van der Waals surface area contributed by atoms with Crippen LogP contribution in [0.25, 0.3) is 10.4 Å². The molecule has 0 unspecified atom stereocenters. The molecule has 1 aromatic rings. The van der Waals surface area contributed by atoms with Gasteiger partial charge in [-0.3, -0.25) is 0 Å². The van der Waals surface area contributed by atoms with Gasteiger partial charge in [0.15, 0.2) is 0 Å². The molecule has 0 radical (unpaired) electrons. The first kappa shape index (κ1) is 12.5. The van der Waals surface area contributed by atoms with Gasteiger partial charge < -0.3 is 0 Å². The van der Waals surface area contributed by atoms with Crippen LogP contribution < -0.4 is 0 Å². The van der Waals surface area contributed by atoms with E-state index < -0.39 is 6.05 Å². The number of halogens is 2. The van der Waals surface area contributed by atoms with Gasteiger partial charge in [0.25, 0.3) is 0 Å². The zero-order valence-electron chi connectivity index (χ0n) is 9.41. The van der Waals surface area contributed by atoms with E-state index in [0.29, 0.717) is 0 Å². The fraction of sp³-hybridized carbons (Fsp3) is 0.455. The van der Waals surface area contributed by atoms with Gasteiger partial charge in [-0.15, -0.1) is 0 Å². The number of benzene rings is 1. The summed E-state index contributed by atoms with van der Waals surface area (Å²) in [4.78, 5) is 2.13. The molecular formula is C11H13F2N3. The van der Waals surface area contributed by atoms with E-state index in [2.05, 4.69) is 10.0 Å². The number of hydrogen-bond acceptors (Lipinski definition) is 1. The Morgan fingerprint density at radius 1 is 1.06 bits per heavy atom. The smallest absolute Gasteiger partial charge is 0.195 e. The molecule has 0 spiro atoms. The molecule has 0 aromatic heterocycles. The van der Waals surface area contributed by atoms with Crippen molar-refractivity contribution in [1.82, 2.24) is 0 Å². The minimum absolute atomic E-state index is 0.0910. The summed E-state index contributed by atoms with van der Waals surface area (Å²) in [5, 5.41) is 2.47. The zero-order chi connectivity index (χ0) is 12.4. The monoisotopic (exact) mass is 225 g/mol. The van der Waals surface area contributed by atoms with Crippen LogP contribution in [0.5, 0.6) is 0 Å². The molecule has 0 heterocycles. The van der Waals surface area contributed by atoms with Crippen molar-refractivity contribution in [3.05, 3.63) is 45.8 Å². The third-order valence-electron chi connectivity index (χ3n) is 2.27. The van der Waals surface area contributed by atoms with E-state index in [1.165, 1.54) is 12.1 Å². The van der Waals surface area contributed by atoms with Crippen LogP contribution in [0, 0.1) is 0 Å². The highest BCUT2D eigenvalue weighted by Gasteiger charge is 2.30. The number of alkyl halides is 2. The van der Waals surface area contributed by atoms with Gasteiger partial charge in [0.1, 0.15) is 0 Å². The summed E-state index contributed by atoms with van der Waals surface area (Å²) in [5.41, 5.74) is 8.59. The summed E-state index contributed by atoms with van der Waals surface area (Å²) in [6, 6.07) is 2.34. The normalized spacial score (nSPS) is 12.1. The summed E-state index contributed by atoms with van der Waals surface area (Å²) in [6.07, 6.45) is 0. The quantitative estimate of drug-likeness (QED) is 0.311. The first-order valence-corrected chi connectivity index (χ1v) is 4.82. The predicted octanol–water partition coefficient (Wildman–Crippen LogP) is 4.34. The van der Waals surface area contributed by atoms with Crippen LogP contribution in [0.4, 0.5) is 8.78 Å². The molecule has 3 nitrogen and oxygen atoms in total. The van der Waals surface area contributed by atoms with Crippen LogP contribution >= 0.6 is 0 Å².